The maximum absolute atomic E-state index is 12.3. The van der Waals surface area contributed by atoms with Gasteiger partial charge in [-0.2, -0.15) is 0 Å². The van der Waals surface area contributed by atoms with Gasteiger partial charge in [-0.25, -0.2) is 4.79 Å². The molecule has 7 heteroatoms. The van der Waals surface area contributed by atoms with Crippen molar-refractivity contribution in [2.24, 2.45) is 5.73 Å². The molecule has 6 nitrogen and oxygen atoms in total. The quantitative estimate of drug-likeness (QED) is 0.539. The predicted molar refractivity (Wildman–Crippen MR) is 109 cm³/mol. The van der Waals surface area contributed by atoms with Crippen LogP contribution in [0.4, 0.5) is 4.79 Å². The first-order chi connectivity index (χ1) is 13.6. The number of primary amides is 1. The Bertz CT molecular complexity index is 914. The van der Waals surface area contributed by atoms with Crippen molar-refractivity contribution >= 4 is 23.3 Å². The van der Waals surface area contributed by atoms with E-state index in [4.69, 9.17) is 10.5 Å². The summed E-state index contributed by atoms with van der Waals surface area (Å²) in [6.07, 6.45) is 0.0725. The van der Waals surface area contributed by atoms with E-state index in [2.05, 4.69) is 10.6 Å². The van der Waals surface area contributed by atoms with Crippen LogP contribution >= 0.6 is 11.3 Å². The molecule has 2 aromatic carbocycles. The number of nitrogens with two attached hydrogens (primary N) is 1. The Morgan fingerprint density at radius 1 is 1.00 bits per heavy atom. The number of hydrogen-bond acceptors (Lipinski definition) is 4. The minimum absolute atomic E-state index is 0.0725. The Morgan fingerprint density at radius 3 is 2.50 bits per heavy atom. The molecule has 3 aromatic rings. The van der Waals surface area contributed by atoms with E-state index in [0.717, 1.165) is 10.4 Å². The predicted octanol–water partition coefficient (Wildman–Crippen LogP) is 3.96. The van der Waals surface area contributed by atoms with Crippen LogP contribution in [0, 0.1) is 0 Å². The first-order valence-corrected chi connectivity index (χ1v) is 9.66. The number of carbonyl (C=O) groups is 2. The zero-order valence-electron chi connectivity index (χ0n) is 15.1. The van der Waals surface area contributed by atoms with Crippen molar-refractivity contribution in [2.45, 2.75) is 19.0 Å². The van der Waals surface area contributed by atoms with Crippen molar-refractivity contribution in [3.8, 4) is 11.5 Å². The van der Waals surface area contributed by atoms with Gasteiger partial charge in [-0.05, 0) is 41.3 Å². The molecule has 1 unspecified atom stereocenters. The highest BCUT2D eigenvalue weighted by atomic mass is 32.1. The molecule has 1 heterocycles. The highest BCUT2D eigenvalue weighted by Gasteiger charge is 2.18. The largest absolute Gasteiger partial charge is 0.457 e. The number of para-hydroxylation sites is 1. The lowest BCUT2D eigenvalue weighted by atomic mass is 10.0. The monoisotopic (exact) mass is 395 g/mol. The average Bonchev–Trinajstić information content (AvgIpc) is 3.20. The van der Waals surface area contributed by atoms with Crippen LogP contribution in [0.1, 0.15) is 22.9 Å². The highest BCUT2D eigenvalue weighted by molar-refractivity contribution is 7.09. The van der Waals surface area contributed by atoms with Crippen LogP contribution in [0.5, 0.6) is 11.5 Å². The third-order valence-electron chi connectivity index (χ3n) is 3.99. The summed E-state index contributed by atoms with van der Waals surface area (Å²) in [5.74, 6) is 1.13. The Morgan fingerprint density at radius 2 is 1.79 bits per heavy atom. The maximum Gasteiger partial charge on any atom is 0.312 e. The van der Waals surface area contributed by atoms with Crippen LogP contribution in [0.15, 0.2) is 72.1 Å². The molecule has 0 aliphatic carbocycles. The standard InChI is InChI=1S/C21H21N3O3S/c22-21(26)24-19(13-20(25)23-14-18-10-5-11-28-18)15-6-4-9-17(12-15)27-16-7-2-1-3-8-16/h1-12,19H,13-14H2,(H,23,25)(H3,22,24,26). The zero-order valence-corrected chi connectivity index (χ0v) is 15.9. The van der Waals surface area contributed by atoms with E-state index in [1.165, 1.54) is 0 Å². The van der Waals surface area contributed by atoms with Gasteiger partial charge in [-0.1, -0.05) is 36.4 Å². The Balaban J connectivity index is 1.69. The van der Waals surface area contributed by atoms with Gasteiger partial charge in [-0.3, -0.25) is 4.79 Å². The molecule has 0 radical (unpaired) electrons. The topological polar surface area (TPSA) is 93.5 Å². The van der Waals surface area contributed by atoms with Crippen LogP contribution in [0.2, 0.25) is 0 Å². The first-order valence-electron chi connectivity index (χ1n) is 8.78. The van der Waals surface area contributed by atoms with E-state index in [1.807, 2.05) is 66.0 Å². The second-order valence-electron chi connectivity index (χ2n) is 6.11. The molecule has 28 heavy (non-hydrogen) atoms. The van der Waals surface area contributed by atoms with Crippen molar-refractivity contribution in [3.05, 3.63) is 82.6 Å². The van der Waals surface area contributed by atoms with Crippen molar-refractivity contribution in [1.82, 2.24) is 10.6 Å². The normalized spacial score (nSPS) is 11.4. The molecular weight excluding hydrogens is 374 g/mol. The smallest absolute Gasteiger partial charge is 0.312 e. The van der Waals surface area contributed by atoms with Gasteiger partial charge in [0.15, 0.2) is 0 Å². The molecule has 0 aliphatic heterocycles. The van der Waals surface area contributed by atoms with Crippen molar-refractivity contribution in [1.29, 1.82) is 0 Å². The number of amides is 3. The van der Waals surface area contributed by atoms with E-state index < -0.39 is 12.1 Å². The van der Waals surface area contributed by atoms with Gasteiger partial charge in [0.1, 0.15) is 11.5 Å². The molecule has 144 valence electrons. The lowest BCUT2D eigenvalue weighted by Crippen LogP contribution is -2.36. The van der Waals surface area contributed by atoms with Crippen LogP contribution in [-0.4, -0.2) is 11.9 Å². The number of rotatable bonds is 8. The number of benzene rings is 2. The molecular formula is C21H21N3O3S. The Labute approximate surface area is 167 Å². The highest BCUT2D eigenvalue weighted by Crippen LogP contribution is 2.26. The SMILES string of the molecule is NC(=O)NC(CC(=O)NCc1cccs1)c1cccc(Oc2ccccc2)c1. The zero-order chi connectivity index (χ0) is 19.8. The minimum atomic E-state index is -0.689. The summed E-state index contributed by atoms with van der Waals surface area (Å²) in [6.45, 7) is 0.455. The fourth-order valence-electron chi connectivity index (χ4n) is 2.70. The van der Waals surface area contributed by atoms with Gasteiger partial charge in [0.25, 0.3) is 0 Å². The summed E-state index contributed by atoms with van der Waals surface area (Å²) in [6, 6.07) is 19.3. The average molecular weight is 395 g/mol. The van der Waals surface area contributed by atoms with Crippen molar-refractivity contribution in [2.75, 3.05) is 0 Å². The third-order valence-corrected chi connectivity index (χ3v) is 4.86. The van der Waals surface area contributed by atoms with Gasteiger partial charge >= 0.3 is 6.03 Å². The van der Waals surface area contributed by atoms with Crippen molar-refractivity contribution < 1.29 is 14.3 Å². The molecule has 0 saturated heterocycles. The number of urea groups is 1. The lowest BCUT2D eigenvalue weighted by Gasteiger charge is -2.18. The molecule has 1 atom stereocenters. The van der Waals surface area contributed by atoms with Crippen LogP contribution in [0.3, 0.4) is 0 Å². The number of carbonyl (C=O) groups excluding carboxylic acids is 2. The lowest BCUT2D eigenvalue weighted by molar-refractivity contribution is -0.121. The van der Waals surface area contributed by atoms with Gasteiger partial charge in [0, 0.05) is 4.88 Å². The molecule has 4 N–H and O–H groups in total. The maximum atomic E-state index is 12.3. The Kier molecular flexibility index (Phi) is 6.64. The second kappa shape index (κ2) is 9.57. The first kappa shape index (κ1) is 19.4. The molecule has 3 amide bonds. The van der Waals surface area contributed by atoms with E-state index in [-0.39, 0.29) is 12.3 Å². The van der Waals surface area contributed by atoms with Crippen LogP contribution in [-0.2, 0) is 11.3 Å². The number of hydrogen-bond donors (Lipinski definition) is 3. The fraction of sp³-hybridized carbons (Fsp3) is 0.143. The molecule has 1 aromatic heterocycles. The van der Waals surface area contributed by atoms with E-state index in [9.17, 15) is 9.59 Å². The second-order valence-corrected chi connectivity index (χ2v) is 7.14. The molecule has 0 aliphatic rings. The molecule has 3 rings (SSSR count). The summed E-state index contributed by atoms with van der Waals surface area (Å²) >= 11 is 1.57. The Hall–Kier alpha value is -3.32. The van der Waals surface area contributed by atoms with E-state index in [0.29, 0.717) is 18.0 Å². The van der Waals surface area contributed by atoms with Gasteiger partial charge in [0.05, 0.1) is 19.0 Å². The minimum Gasteiger partial charge on any atom is -0.457 e. The summed E-state index contributed by atoms with van der Waals surface area (Å²) in [5.41, 5.74) is 6.04. The summed E-state index contributed by atoms with van der Waals surface area (Å²) in [7, 11) is 0. The number of nitrogens with one attached hydrogen (secondary N) is 2. The molecule has 0 bridgehead atoms. The molecule has 0 saturated carbocycles. The van der Waals surface area contributed by atoms with Crippen LogP contribution in [0.25, 0.3) is 0 Å². The van der Waals surface area contributed by atoms with Crippen LogP contribution < -0.4 is 21.1 Å². The van der Waals surface area contributed by atoms with E-state index >= 15 is 0 Å². The molecule has 0 fully saturated rings. The number of thiophene rings is 1. The summed E-state index contributed by atoms with van der Waals surface area (Å²) in [5, 5.41) is 7.45. The third kappa shape index (κ3) is 5.85. The summed E-state index contributed by atoms with van der Waals surface area (Å²) < 4.78 is 5.83. The van der Waals surface area contributed by atoms with Gasteiger partial charge in [-0.15, -0.1) is 11.3 Å². The van der Waals surface area contributed by atoms with E-state index in [1.54, 1.807) is 17.4 Å². The van der Waals surface area contributed by atoms with Crippen molar-refractivity contribution in [3.63, 3.8) is 0 Å². The fourth-order valence-corrected chi connectivity index (χ4v) is 3.34. The number of ether oxygens (including phenoxy) is 1. The van der Waals surface area contributed by atoms with Gasteiger partial charge < -0.3 is 21.1 Å². The summed E-state index contributed by atoms with van der Waals surface area (Å²) in [4.78, 5) is 24.8. The van der Waals surface area contributed by atoms with Gasteiger partial charge in [0.2, 0.25) is 5.91 Å². The molecule has 0 spiro atoms.